The summed E-state index contributed by atoms with van der Waals surface area (Å²) in [6, 6.07) is -0.206. The van der Waals surface area contributed by atoms with Crippen LogP contribution in [0.5, 0.6) is 0 Å². The van der Waals surface area contributed by atoms with Gasteiger partial charge in [0.25, 0.3) is 0 Å². The van der Waals surface area contributed by atoms with E-state index in [9.17, 15) is 9.90 Å². The third-order valence-electron chi connectivity index (χ3n) is 3.71. The van der Waals surface area contributed by atoms with Crippen LogP contribution in [0.4, 0.5) is 4.79 Å². The minimum atomic E-state index is -0.456. The van der Waals surface area contributed by atoms with E-state index in [4.69, 9.17) is 4.52 Å². The minimum Gasteiger partial charge on any atom is -0.391 e. The molecule has 2 unspecified atom stereocenters. The molecule has 0 aromatic carbocycles. The zero-order chi connectivity index (χ0) is 15.6. The summed E-state index contributed by atoms with van der Waals surface area (Å²) in [6.07, 6.45) is 0.354. The molecule has 1 saturated heterocycles. The Hall–Kier alpha value is -1.63. The second kappa shape index (κ2) is 6.01. The zero-order valence-electron chi connectivity index (χ0n) is 13.1. The van der Waals surface area contributed by atoms with Gasteiger partial charge in [-0.25, -0.2) is 4.79 Å². The summed E-state index contributed by atoms with van der Waals surface area (Å²) >= 11 is 0. The van der Waals surface area contributed by atoms with Gasteiger partial charge >= 0.3 is 6.03 Å². The standard InChI is InChI=1S/C14H24N4O3/c1-9-5-6-18(8-10(9)19)13(20)15-7-11-16-12(21-17-11)14(2,3)4/h9-10,19H,5-8H2,1-4H3,(H,15,20). The van der Waals surface area contributed by atoms with Gasteiger partial charge in [0.1, 0.15) is 0 Å². The summed E-state index contributed by atoms with van der Waals surface area (Å²) in [5.74, 6) is 1.24. The Balaban J connectivity index is 1.85. The lowest BCUT2D eigenvalue weighted by Gasteiger charge is -2.34. The fraction of sp³-hybridized carbons (Fsp3) is 0.786. The van der Waals surface area contributed by atoms with Gasteiger partial charge in [0, 0.05) is 18.5 Å². The Labute approximate surface area is 124 Å². The number of aliphatic hydroxyl groups excluding tert-OH is 1. The van der Waals surface area contributed by atoms with Crippen molar-refractivity contribution in [2.24, 2.45) is 5.92 Å². The number of hydrogen-bond acceptors (Lipinski definition) is 5. The van der Waals surface area contributed by atoms with Gasteiger partial charge in [0.05, 0.1) is 12.6 Å². The van der Waals surface area contributed by atoms with Gasteiger partial charge in [-0.05, 0) is 12.3 Å². The maximum Gasteiger partial charge on any atom is 0.317 e. The lowest BCUT2D eigenvalue weighted by atomic mass is 9.96. The Kier molecular flexibility index (Phi) is 4.51. The third kappa shape index (κ3) is 3.93. The Morgan fingerprint density at radius 3 is 2.81 bits per heavy atom. The van der Waals surface area contributed by atoms with Gasteiger partial charge in [-0.15, -0.1) is 0 Å². The predicted octanol–water partition coefficient (Wildman–Crippen LogP) is 1.28. The van der Waals surface area contributed by atoms with Gasteiger partial charge in [0.15, 0.2) is 5.82 Å². The van der Waals surface area contributed by atoms with Crippen LogP contribution in [0.1, 0.15) is 45.8 Å². The number of hydrogen-bond donors (Lipinski definition) is 2. The molecular formula is C14H24N4O3. The SMILES string of the molecule is CC1CCN(C(=O)NCc2noc(C(C)(C)C)n2)CC1O. The maximum absolute atomic E-state index is 12.0. The molecule has 0 saturated carbocycles. The molecular weight excluding hydrogens is 272 g/mol. The van der Waals surface area contributed by atoms with Crippen LogP contribution in [0.2, 0.25) is 0 Å². The Morgan fingerprint density at radius 1 is 1.52 bits per heavy atom. The average molecular weight is 296 g/mol. The number of nitrogens with zero attached hydrogens (tertiary/aromatic N) is 3. The number of rotatable bonds is 2. The second-order valence-corrected chi connectivity index (χ2v) is 6.70. The number of nitrogens with one attached hydrogen (secondary N) is 1. The number of amides is 2. The van der Waals surface area contributed by atoms with E-state index in [0.29, 0.717) is 24.8 Å². The van der Waals surface area contributed by atoms with Crippen molar-refractivity contribution in [3.63, 3.8) is 0 Å². The van der Waals surface area contributed by atoms with Crippen LogP contribution in [0, 0.1) is 5.92 Å². The first-order chi connectivity index (χ1) is 9.77. The van der Waals surface area contributed by atoms with Crippen LogP contribution in [0.3, 0.4) is 0 Å². The van der Waals surface area contributed by atoms with Crippen LogP contribution in [-0.2, 0) is 12.0 Å². The van der Waals surface area contributed by atoms with E-state index >= 15 is 0 Å². The molecule has 118 valence electrons. The normalized spacial score (nSPS) is 23.2. The summed E-state index contributed by atoms with van der Waals surface area (Å²) in [5, 5.41) is 16.4. The molecule has 0 aliphatic carbocycles. The number of piperidine rings is 1. The van der Waals surface area contributed by atoms with Gasteiger partial charge in [-0.2, -0.15) is 4.98 Å². The van der Waals surface area contributed by atoms with E-state index < -0.39 is 6.10 Å². The highest BCUT2D eigenvalue weighted by Crippen LogP contribution is 2.20. The Bertz CT molecular complexity index is 495. The first-order valence-corrected chi connectivity index (χ1v) is 7.31. The highest BCUT2D eigenvalue weighted by molar-refractivity contribution is 5.74. The van der Waals surface area contributed by atoms with Crippen molar-refractivity contribution in [3.05, 3.63) is 11.7 Å². The number of carbonyl (C=O) groups is 1. The van der Waals surface area contributed by atoms with Crippen LogP contribution in [0.15, 0.2) is 4.52 Å². The highest BCUT2D eigenvalue weighted by Gasteiger charge is 2.27. The van der Waals surface area contributed by atoms with Gasteiger partial charge < -0.3 is 19.8 Å². The second-order valence-electron chi connectivity index (χ2n) is 6.70. The van der Waals surface area contributed by atoms with Crippen molar-refractivity contribution in [2.75, 3.05) is 13.1 Å². The number of carbonyl (C=O) groups excluding carboxylic acids is 1. The topological polar surface area (TPSA) is 91.5 Å². The van der Waals surface area contributed by atoms with Crippen LogP contribution in [-0.4, -0.2) is 45.4 Å². The molecule has 1 aliphatic rings. The number of urea groups is 1. The third-order valence-corrected chi connectivity index (χ3v) is 3.71. The van der Waals surface area contributed by atoms with Crippen molar-refractivity contribution >= 4 is 6.03 Å². The summed E-state index contributed by atoms with van der Waals surface area (Å²) in [5.41, 5.74) is -0.206. The van der Waals surface area contributed by atoms with Crippen LogP contribution < -0.4 is 5.32 Å². The van der Waals surface area contributed by atoms with E-state index in [1.165, 1.54) is 0 Å². The van der Waals surface area contributed by atoms with Crippen molar-refractivity contribution < 1.29 is 14.4 Å². The van der Waals surface area contributed by atoms with Crippen molar-refractivity contribution in [1.29, 1.82) is 0 Å². The first-order valence-electron chi connectivity index (χ1n) is 7.31. The summed E-state index contributed by atoms with van der Waals surface area (Å²) < 4.78 is 5.17. The lowest BCUT2D eigenvalue weighted by molar-refractivity contribution is 0.0435. The van der Waals surface area contributed by atoms with Crippen molar-refractivity contribution in [1.82, 2.24) is 20.4 Å². The van der Waals surface area contributed by atoms with Crippen LogP contribution in [0.25, 0.3) is 0 Å². The Morgan fingerprint density at radius 2 is 2.24 bits per heavy atom. The molecule has 21 heavy (non-hydrogen) atoms. The molecule has 7 heteroatoms. The van der Waals surface area contributed by atoms with Crippen molar-refractivity contribution in [2.45, 2.75) is 52.2 Å². The molecule has 2 atom stereocenters. The molecule has 1 aliphatic heterocycles. The van der Waals surface area contributed by atoms with Gasteiger partial charge in [-0.3, -0.25) is 0 Å². The van der Waals surface area contributed by atoms with E-state index in [1.807, 2.05) is 27.7 Å². The van der Waals surface area contributed by atoms with E-state index in [-0.39, 0.29) is 23.9 Å². The van der Waals surface area contributed by atoms with Crippen LogP contribution >= 0.6 is 0 Å². The molecule has 1 aromatic rings. The number of aliphatic hydroxyl groups is 1. The fourth-order valence-corrected chi connectivity index (χ4v) is 2.13. The molecule has 2 heterocycles. The zero-order valence-corrected chi connectivity index (χ0v) is 13.1. The molecule has 2 N–H and O–H groups in total. The predicted molar refractivity (Wildman–Crippen MR) is 76.6 cm³/mol. The number of likely N-dealkylation sites (tertiary alicyclic amines) is 1. The van der Waals surface area contributed by atoms with E-state index in [1.54, 1.807) is 4.90 Å². The largest absolute Gasteiger partial charge is 0.391 e. The lowest BCUT2D eigenvalue weighted by Crippen LogP contribution is -2.49. The van der Waals surface area contributed by atoms with Gasteiger partial charge in [0.2, 0.25) is 5.89 Å². The molecule has 7 nitrogen and oxygen atoms in total. The maximum atomic E-state index is 12.0. The summed E-state index contributed by atoms with van der Waals surface area (Å²) in [4.78, 5) is 17.9. The molecule has 1 aromatic heterocycles. The quantitative estimate of drug-likeness (QED) is 0.857. The molecule has 0 radical (unpaired) electrons. The molecule has 0 spiro atoms. The smallest absolute Gasteiger partial charge is 0.317 e. The molecule has 2 amide bonds. The summed E-state index contributed by atoms with van der Waals surface area (Å²) in [7, 11) is 0. The average Bonchev–Trinajstić information content (AvgIpc) is 2.88. The highest BCUT2D eigenvalue weighted by atomic mass is 16.5. The van der Waals surface area contributed by atoms with E-state index in [0.717, 1.165) is 6.42 Å². The minimum absolute atomic E-state index is 0.206. The first kappa shape index (κ1) is 15.8. The number of β-amino-alcohol motifs (C(OH)–C–C–N with tert-alkyl or cyclic N) is 1. The summed E-state index contributed by atoms with van der Waals surface area (Å²) in [6.45, 7) is 9.20. The van der Waals surface area contributed by atoms with Gasteiger partial charge in [-0.1, -0.05) is 32.9 Å². The van der Waals surface area contributed by atoms with E-state index in [2.05, 4.69) is 15.5 Å². The molecule has 2 rings (SSSR count). The molecule has 0 bridgehead atoms. The van der Waals surface area contributed by atoms with Crippen molar-refractivity contribution in [3.8, 4) is 0 Å². The fourth-order valence-electron chi connectivity index (χ4n) is 2.13. The number of aromatic nitrogens is 2. The monoisotopic (exact) mass is 296 g/mol. The molecule has 1 fully saturated rings.